The second-order valence-electron chi connectivity index (χ2n) is 5.76. The van der Waals surface area contributed by atoms with Crippen molar-refractivity contribution in [2.45, 2.75) is 25.8 Å². The normalized spacial score (nSPS) is 17.5. The number of benzene rings is 1. The Balaban J connectivity index is 1.70. The predicted molar refractivity (Wildman–Crippen MR) is 84.6 cm³/mol. The van der Waals surface area contributed by atoms with Gasteiger partial charge in [-0.2, -0.15) is 4.98 Å². The number of hydrogen-bond acceptors (Lipinski definition) is 5. The zero-order valence-electron chi connectivity index (χ0n) is 13.2. The maximum absolute atomic E-state index is 12.4. The number of carboxylic acid groups (broad SMARTS) is 1. The number of nitrogens with zero attached hydrogens (tertiary/aromatic N) is 3. The summed E-state index contributed by atoms with van der Waals surface area (Å²) in [6, 6.07) is 6.76. The van der Waals surface area contributed by atoms with Crippen molar-refractivity contribution in [3.05, 3.63) is 35.7 Å². The van der Waals surface area contributed by atoms with Crippen molar-refractivity contribution in [3.8, 4) is 11.4 Å². The maximum Gasteiger partial charge on any atom is 0.407 e. The highest BCUT2D eigenvalue weighted by Crippen LogP contribution is 2.18. The first-order valence-electron chi connectivity index (χ1n) is 7.72. The van der Waals surface area contributed by atoms with Gasteiger partial charge in [0, 0.05) is 37.2 Å². The fourth-order valence-corrected chi connectivity index (χ4v) is 2.75. The molecule has 0 spiro atoms. The quantitative estimate of drug-likeness (QED) is 0.890. The molecule has 2 N–H and O–H groups in total. The Bertz CT molecular complexity index is 758. The summed E-state index contributed by atoms with van der Waals surface area (Å²) in [5.41, 5.74) is 1.16. The molecular formula is C16H18N4O4. The lowest BCUT2D eigenvalue weighted by Crippen LogP contribution is -2.49. The average Bonchev–Trinajstić information content (AvgIpc) is 3.02. The van der Waals surface area contributed by atoms with Crippen LogP contribution in [0.1, 0.15) is 29.1 Å². The van der Waals surface area contributed by atoms with Crippen LogP contribution in [0.3, 0.4) is 0 Å². The van der Waals surface area contributed by atoms with E-state index in [0.29, 0.717) is 35.9 Å². The largest absolute Gasteiger partial charge is 0.465 e. The number of carbonyl (C=O) groups excluding carboxylic acids is 1. The lowest BCUT2D eigenvalue weighted by molar-refractivity contribution is 0.0888. The van der Waals surface area contributed by atoms with Crippen molar-refractivity contribution in [3.63, 3.8) is 0 Å². The molecule has 0 bridgehead atoms. The summed E-state index contributed by atoms with van der Waals surface area (Å²) >= 11 is 0. The van der Waals surface area contributed by atoms with Gasteiger partial charge in [-0.15, -0.1) is 0 Å². The molecule has 2 heterocycles. The van der Waals surface area contributed by atoms with Gasteiger partial charge in [-0.25, -0.2) is 4.79 Å². The van der Waals surface area contributed by atoms with E-state index in [4.69, 9.17) is 9.63 Å². The highest BCUT2D eigenvalue weighted by molar-refractivity contribution is 5.95. The Kier molecular flexibility index (Phi) is 4.45. The van der Waals surface area contributed by atoms with Crippen LogP contribution in [-0.2, 0) is 0 Å². The molecule has 1 aliphatic rings. The standard InChI is InChI=1S/C16H18N4O4/c1-10-17-14(19-24-10)11-4-2-5-12(8-11)15(21)18-13-6-3-7-20(9-13)16(22)23/h2,4-5,8,13H,3,6-7,9H2,1H3,(H,18,21)(H,22,23)/t13-/m0/s1. The molecule has 8 heteroatoms. The van der Waals surface area contributed by atoms with Gasteiger partial charge in [0.05, 0.1) is 0 Å². The van der Waals surface area contributed by atoms with E-state index in [0.717, 1.165) is 12.8 Å². The molecule has 1 atom stereocenters. The first-order valence-corrected chi connectivity index (χ1v) is 7.72. The molecule has 3 rings (SSSR count). The number of aromatic nitrogens is 2. The van der Waals surface area contributed by atoms with E-state index in [1.54, 1.807) is 31.2 Å². The van der Waals surface area contributed by atoms with Crippen molar-refractivity contribution < 1.29 is 19.2 Å². The van der Waals surface area contributed by atoms with E-state index in [1.807, 2.05) is 0 Å². The molecular weight excluding hydrogens is 312 g/mol. The van der Waals surface area contributed by atoms with E-state index in [9.17, 15) is 9.59 Å². The molecule has 24 heavy (non-hydrogen) atoms. The van der Waals surface area contributed by atoms with Gasteiger partial charge in [0.1, 0.15) is 0 Å². The van der Waals surface area contributed by atoms with E-state index >= 15 is 0 Å². The number of nitrogens with one attached hydrogen (secondary N) is 1. The topological polar surface area (TPSA) is 109 Å². The summed E-state index contributed by atoms with van der Waals surface area (Å²) in [6.07, 6.45) is 0.544. The van der Waals surface area contributed by atoms with Crippen molar-refractivity contribution in [2.75, 3.05) is 13.1 Å². The summed E-state index contributed by atoms with van der Waals surface area (Å²) in [6.45, 7) is 2.52. The van der Waals surface area contributed by atoms with Crippen molar-refractivity contribution in [2.24, 2.45) is 0 Å². The molecule has 0 aliphatic carbocycles. The lowest BCUT2D eigenvalue weighted by Gasteiger charge is -2.31. The Labute approximate surface area is 138 Å². The molecule has 1 aromatic carbocycles. The third-order valence-electron chi connectivity index (χ3n) is 3.94. The SMILES string of the molecule is Cc1nc(-c2cccc(C(=O)N[C@H]3CCCN(C(=O)O)C3)c2)no1. The molecule has 2 amide bonds. The second kappa shape index (κ2) is 6.69. The van der Waals surface area contributed by atoms with Gasteiger partial charge in [-0.05, 0) is 25.0 Å². The van der Waals surface area contributed by atoms with Crippen LogP contribution in [-0.4, -0.2) is 51.3 Å². The third kappa shape index (κ3) is 3.53. The zero-order valence-corrected chi connectivity index (χ0v) is 13.2. The van der Waals surface area contributed by atoms with Crippen LogP contribution < -0.4 is 5.32 Å². The summed E-state index contributed by atoms with van der Waals surface area (Å²) in [5, 5.41) is 15.8. The summed E-state index contributed by atoms with van der Waals surface area (Å²) in [5.74, 6) is 0.641. The number of hydrogen-bond donors (Lipinski definition) is 2. The predicted octanol–water partition coefficient (Wildman–Crippen LogP) is 1.92. The molecule has 1 fully saturated rings. The van der Waals surface area contributed by atoms with Crippen molar-refractivity contribution in [1.82, 2.24) is 20.4 Å². The van der Waals surface area contributed by atoms with E-state index in [1.165, 1.54) is 4.90 Å². The Morgan fingerprint density at radius 2 is 2.25 bits per heavy atom. The Hall–Kier alpha value is -2.90. The molecule has 2 aromatic rings. The van der Waals surface area contributed by atoms with Crippen molar-refractivity contribution >= 4 is 12.0 Å². The molecule has 0 unspecified atom stereocenters. The Morgan fingerprint density at radius 3 is 2.96 bits per heavy atom. The summed E-state index contributed by atoms with van der Waals surface area (Å²) < 4.78 is 4.95. The maximum atomic E-state index is 12.4. The van der Waals surface area contributed by atoms with Crippen LogP contribution in [0.5, 0.6) is 0 Å². The van der Waals surface area contributed by atoms with Crippen LogP contribution in [0.15, 0.2) is 28.8 Å². The van der Waals surface area contributed by atoms with E-state index in [2.05, 4.69) is 15.5 Å². The van der Waals surface area contributed by atoms with Gasteiger partial charge in [0.2, 0.25) is 11.7 Å². The summed E-state index contributed by atoms with van der Waals surface area (Å²) in [7, 11) is 0. The van der Waals surface area contributed by atoms with Crippen LogP contribution in [0.2, 0.25) is 0 Å². The number of piperidine rings is 1. The minimum Gasteiger partial charge on any atom is -0.465 e. The molecule has 1 saturated heterocycles. The monoisotopic (exact) mass is 330 g/mol. The smallest absolute Gasteiger partial charge is 0.407 e. The summed E-state index contributed by atoms with van der Waals surface area (Å²) in [4.78, 5) is 29.0. The fourth-order valence-electron chi connectivity index (χ4n) is 2.75. The third-order valence-corrected chi connectivity index (χ3v) is 3.94. The van der Waals surface area contributed by atoms with E-state index in [-0.39, 0.29) is 11.9 Å². The molecule has 1 aliphatic heterocycles. The minimum atomic E-state index is -0.955. The minimum absolute atomic E-state index is 0.182. The molecule has 0 radical (unpaired) electrons. The number of aryl methyl sites for hydroxylation is 1. The van der Waals surface area contributed by atoms with Crippen LogP contribution in [0.25, 0.3) is 11.4 Å². The number of likely N-dealkylation sites (tertiary alicyclic amines) is 1. The lowest BCUT2D eigenvalue weighted by atomic mass is 10.0. The second-order valence-corrected chi connectivity index (χ2v) is 5.76. The van der Waals surface area contributed by atoms with Gasteiger partial charge >= 0.3 is 6.09 Å². The first kappa shape index (κ1) is 16.0. The van der Waals surface area contributed by atoms with E-state index < -0.39 is 6.09 Å². The van der Waals surface area contributed by atoms with Gasteiger partial charge in [0.25, 0.3) is 5.91 Å². The number of amides is 2. The molecule has 1 aromatic heterocycles. The number of carbonyl (C=O) groups is 2. The van der Waals surface area contributed by atoms with Gasteiger partial charge < -0.3 is 19.8 Å². The van der Waals surface area contributed by atoms with Crippen LogP contribution in [0.4, 0.5) is 4.79 Å². The highest BCUT2D eigenvalue weighted by atomic mass is 16.5. The zero-order chi connectivity index (χ0) is 17.1. The Morgan fingerprint density at radius 1 is 1.42 bits per heavy atom. The van der Waals surface area contributed by atoms with Gasteiger partial charge in [-0.1, -0.05) is 17.3 Å². The van der Waals surface area contributed by atoms with Crippen molar-refractivity contribution in [1.29, 1.82) is 0 Å². The first-order chi connectivity index (χ1) is 11.5. The van der Waals surface area contributed by atoms with Gasteiger partial charge in [-0.3, -0.25) is 4.79 Å². The molecule has 0 saturated carbocycles. The fraction of sp³-hybridized carbons (Fsp3) is 0.375. The average molecular weight is 330 g/mol. The highest BCUT2D eigenvalue weighted by Gasteiger charge is 2.24. The molecule has 126 valence electrons. The molecule has 8 nitrogen and oxygen atoms in total. The van der Waals surface area contributed by atoms with Gasteiger partial charge in [0.15, 0.2) is 0 Å². The van der Waals surface area contributed by atoms with Crippen LogP contribution in [0, 0.1) is 6.92 Å². The number of rotatable bonds is 3. The van der Waals surface area contributed by atoms with Crippen LogP contribution >= 0.6 is 0 Å².